The van der Waals surface area contributed by atoms with Crippen LogP contribution in [-0.4, -0.2) is 48.2 Å². The number of rotatable bonds is 7. The van der Waals surface area contributed by atoms with E-state index in [0.717, 1.165) is 32.4 Å². The molecule has 0 radical (unpaired) electrons. The zero-order chi connectivity index (χ0) is 12.5. The number of nitrogens with one attached hydrogen (secondary N) is 1. The van der Waals surface area contributed by atoms with E-state index >= 15 is 0 Å². The summed E-state index contributed by atoms with van der Waals surface area (Å²) in [5, 5.41) is 11.9. The highest BCUT2D eigenvalue weighted by Crippen LogP contribution is 2.17. The number of carbonyl (C=O) groups is 1. The molecule has 0 aromatic heterocycles. The van der Waals surface area contributed by atoms with Gasteiger partial charge >= 0.3 is 0 Å². The minimum atomic E-state index is 0.136. The zero-order valence-corrected chi connectivity index (χ0v) is 11.0. The summed E-state index contributed by atoms with van der Waals surface area (Å²) in [5.74, 6) is 0.136. The molecule has 0 aliphatic heterocycles. The van der Waals surface area contributed by atoms with Gasteiger partial charge in [0.25, 0.3) is 0 Å². The Morgan fingerprint density at radius 2 is 2.06 bits per heavy atom. The van der Waals surface area contributed by atoms with Gasteiger partial charge in [0.15, 0.2) is 0 Å². The molecule has 4 nitrogen and oxygen atoms in total. The molecule has 0 aromatic carbocycles. The second kappa shape index (κ2) is 8.48. The van der Waals surface area contributed by atoms with Gasteiger partial charge in [0.1, 0.15) is 0 Å². The summed E-state index contributed by atoms with van der Waals surface area (Å²) in [6, 6.07) is 0.396. The first kappa shape index (κ1) is 14.5. The van der Waals surface area contributed by atoms with Crippen molar-refractivity contribution in [2.75, 3.05) is 26.2 Å². The first-order valence-electron chi connectivity index (χ1n) is 6.88. The molecule has 1 aliphatic carbocycles. The smallest absolute Gasteiger partial charge is 0.234 e. The van der Waals surface area contributed by atoms with Gasteiger partial charge in [-0.25, -0.2) is 0 Å². The number of carbonyl (C=O) groups excluding carboxylic acids is 1. The predicted molar refractivity (Wildman–Crippen MR) is 68.8 cm³/mol. The maximum absolute atomic E-state index is 11.8. The van der Waals surface area contributed by atoms with E-state index in [-0.39, 0.29) is 12.5 Å². The molecule has 0 unspecified atom stereocenters. The average Bonchev–Trinajstić information content (AvgIpc) is 2.35. The Balaban J connectivity index is 2.21. The van der Waals surface area contributed by atoms with Gasteiger partial charge in [-0.2, -0.15) is 0 Å². The van der Waals surface area contributed by atoms with E-state index in [2.05, 4.69) is 10.2 Å². The summed E-state index contributed by atoms with van der Waals surface area (Å²) in [5.41, 5.74) is 0. The Morgan fingerprint density at radius 3 is 2.65 bits per heavy atom. The van der Waals surface area contributed by atoms with E-state index in [4.69, 9.17) is 5.11 Å². The van der Waals surface area contributed by atoms with Crippen molar-refractivity contribution in [1.29, 1.82) is 0 Å². The fraction of sp³-hybridized carbons (Fsp3) is 0.923. The highest BCUT2D eigenvalue weighted by molar-refractivity contribution is 5.78. The number of amides is 1. The molecular weight excluding hydrogens is 216 g/mol. The maximum Gasteiger partial charge on any atom is 0.234 e. The fourth-order valence-electron chi connectivity index (χ4n) is 2.37. The Hall–Kier alpha value is -0.610. The lowest BCUT2D eigenvalue weighted by Gasteiger charge is -2.25. The van der Waals surface area contributed by atoms with Crippen LogP contribution in [-0.2, 0) is 4.79 Å². The van der Waals surface area contributed by atoms with Crippen molar-refractivity contribution in [3.05, 3.63) is 0 Å². The summed E-state index contributed by atoms with van der Waals surface area (Å²) in [6.45, 7) is 4.36. The van der Waals surface area contributed by atoms with Crippen LogP contribution in [0.15, 0.2) is 0 Å². The molecule has 1 saturated carbocycles. The lowest BCUT2D eigenvalue weighted by molar-refractivity contribution is -0.123. The third kappa shape index (κ3) is 6.03. The first-order valence-corrected chi connectivity index (χ1v) is 6.88. The average molecular weight is 242 g/mol. The van der Waals surface area contributed by atoms with Crippen molar-refractivity contribution in [3.8, 4) is 0 Å². The van der Waals surface area contributed by atoms with Gasteiger partial charge in [-0.15, -0.1) is 0 Å². The van der Waals surface area contributed by atoms with Gasteiger partial charge in [0, 0.05) is 19.2 Å². The Labute approximate surface area is 104 Å². The number of nitrogens with zero attached hydrogens (tertiary/aromatic N) is 1. The van der Waals surface area contributed by atoms with Gasteiger partial charge < -0.3 is 10.4 Å². The quantitative estimate of drug-likeness (QED) is 0.704. The Bertz CT molecular complexity index is 215. The molecule has 2 N–H and O–H groups in total. The standard InChI is InChI=1S/C13H26N2O2/c1-2-15(9-6-10-16)11-13(17)14-12-7-4-3-5-8-12/h12,16H,2-11H2,1H3,(H,14,17). The zero-order valence-electron chi connectivity index (χ0n) is 11.0. The minimum absolute atomic E-state index is 0.136. The Morgan fingerprint density at radius 1 is 1.35 bits per heavy atom. The molecule has 0 spiro atoms. The van der Waals surface area contributed by atoms with Crippen LogP contribution in [0.2, 0.25) is 0 Å². The van der Waals surface area contributed by atoms with Crippen molar-refractivity contribution in [2.24, 2.45) is 0 Å². The largest absolute Gasteiger partial charge is 0.396 e. The van der Waals surface area contributed by atoms with Gasteiger partial charge in [0.05, 0.1) is 6.54 Å². The molecule has 0 aromatic rings. The van der Waals surface area contributed by atoms with E-state index in [1.807, 2.05) is 6.92 Å². The predicted octanol–water partition coefficient (Wildman–Crippen LogP) is 1.14. The second-order valence-corrected chi connectivity index (χ2v) is 4.85. The molecule has 0 saturated heterocycles. The van der Waals surface area contributed by atoms with Gasteiger partial charge in [0.2, 0.25) is 5.91 Å². The number of hydrogen-bond acceptors (Lipinski definition) is 3. The molecule has 0 bridgehead atoms. The van der Waals surface area contributed by atoms with E-state index < -0.39 is 0 Å². The van der Waals surface area contributed by atoms with Gasteiger partial charge in [-0.1, -0.05) is 26.2 Å². The summed E-state index contributed by atoms with van der Waals surface area (Å²) in [7, 11) is 0. The lowest BCUT2D eigenvalue weighted by Crippen LogP contribution is -2.43. The number of aliphatic hydroxyl groups is 1. The van der Waals surface area contributed by atoms with Crippen molar-refractivity contribution in [3.63, 3.8) is 0 Å². The number of hydrogen-bond donors (Lipinski definition) is 2. The van der Waals surface area contributed by atoms with E-state index in [1.54, 1.807) is 0 Å². The molecule has 100 valence electrons. The summed E-state index contributed by atoms with van der Waals surface area (Å²) in [4.78, 5) is 13.9. The SMILES string of the molecule is CCN(CCCO)CC(=O)NC1CCCCC1. The van der Waals surface area contributed by atoms with Crippen molar-refractivity contribution in [2.45, 2.75) is 51.5 Å². The van der Waals surface area contributed by atoms with Gasteiger partial charge in [-0.3, -0.25) is 9.69 Å². The second-order valence-electron chi connectivity index (χ2n) is 4.85. The number of aliphatic hydroxyl groups excluding tert-OH is 1. The van der Waals surface area contributed by atoms with E-state index in [0.29, 0.717) is 12.6 Å². The van der Waals surface area contributed by atoms with E-state index in [1.165, 1.54) is 19.3 Å². The van der Waals surface area contributed by atoms with E-state index in [9.17, 15) is 4.79 Å². The minimum Gasteiger partial charge on any atom is -0.396 e. The summed E-state index contributed by atoms with van der Waals surface area (Å²) >= 11 is 0. The van der Waals surface area contributed by atoms with Crippen molar-refractivity contribution >= 4 is 5.91 Å². The summed E-state index contributed by atoms with van der Waals surface area (Å²) < 4.78 is 0. The molecule has 0 atom stereocenters. The third-order valence-electron chi connectivity index (χ3n) is 3.42. The Kier molecular flexibility index (Phi) is 7.21. The molecule has 1 amide bonds. The highest BCUT2D eigenvalue weighted by atomic mass is 16.3. The highest BCUT2D eigenvalue weighted by Gasteiger charge is 2.16. The van der Waals surface area contributed by atoms with Crippen LogP contribution in [0.5, 0.6) is 0 Å². The van der Waals surface area contributed by atoms with Crippen LogP contribution < -0.4 is 5.32 Å². The molecular formula is C13H26N2O2. The van der Waals surface area contributed by atoms with Crippen LogP contribution in [0.4, 0.5) is 0 Å². The third-order valence-corrected chi connectivity index (χ3v) is 3.42. The topological polar surface area (TPSA) is 52.6 Å². The van der Waals surface area contributed by atoms with Crippen LogP contribution in [0, 0.1) is 0 Å². The number of likely N-dealkylation sites (N-methyl/N-ethyl adjacent to an activating group) is 1. The maximum atomic E-state index is 11.8. The van der Waals surface area contributed by atoms with Crippen LogP contribution in [0.3, 0.4) is 0 Å². The molecule has 1 aliphatic rings. The molecule has 1 fully saturated rings. The normalized spacial score (nSPS) is 17.4. The molecule has 0 heterocycles. The first-order chi connectivity index (χ1) is 8.26. The molecule has 17 heavy (non-hydrogen) atoms. The van der Waals surface area contributed by atoms with Crippen molar-refractivity contribution < 1.29 is 9.90 Å². The summed E-state index contributed by atoms with van der Waals surface area (Å²) in [6.07, 6.45) is 6.80. The molecule has 1 rings (SSSR count). The fourth-order valence-corrected chi connectivity index (χ4v) is 2.37. The van der Waals surface area contributed by atoms with Crippen LogP contribution >= 0.6 is 0 Å². The van der Waals surface area contributed by atoms with Crippen LogP contribution in [0.1, 0.15) is 45.4 Å². The van der Waals surface area contributed by atoms with Crippen LogP contribution in [0.25, 0.3) is 0 Å². The van der Waals surface area contributed by atoms with Crippen molar-refractivity contribution in [1.82, 2.24) is 10.2 Å². The van der Waals surface area contributed by atoms with Gasteiger partial charge in [-0.05, 0) is 25.8 Å². The lowest BCUT2D eigenvalue weighted by atomic mass is 9.95. The monoisotopic (exact) mass is 242 g/mol. The molecule has 4 heteroatoms.